The normalized spacial score (nSPS) is 12.1. The van der Waals surface area contributed by atoms with E-state index in [1.165, 1.54) is 48.5 Å². The number of sulfonamides is 1. The van der Waals surface area contributed by atoms with Gasteiger partial charge in [0.05, 0.1) is 22.2 Å². The van der Waals surface area contributed by atoms with Crippen LogP contribution in [-0.4, -0.2) is 32.0 Å². The summed E-state index contributed by atoms with van der Waals surface area (Å²) < 4.78 is 61.5. The van der Waals surface area contributed by atoms with E-state index in [2.05, 4.69) is 14.5 Å². The van der Waals surface area contributed by atoms with Crippen molar-refractivity contribution in [2.75, 3.05) is 11.8 Å². The Kier molecular flexibility index (Phi) is 7.20. The van der Waals surface area contributed by atoms with Gasteiger partial charge in [0.1, 0.15) is 12.4 Å². The van der Waals surface area contributed by atoms with E-state index in [4.69, 9.17) is 11.6 Å². The van der Waals surface area contributed by atoms with Crippen molar-refractivity contribution in [3.05, 3.63) is 87.7 Å². The highest BCUT2D eigenvalue weighted by Crippen LogP contribution is 2.23. The molecule has 4 aromatic rings. The number of anilines is 1. The Hall–Kier alpha value is -3.61. The average molecular weight is 552 g/mol. The molecule has 0 unspecified atom stereocenters. The molecule has 1 amide bonds. The van der Waals surface area contributed by atoms with Crippen LogP contribution in [0.2, 0.25) is 5.02 Å². The maximum Gasteiger partial charge on any atom is 0.325 e. The number of fused-ring (bicyclic) bond motifs is 1. The second-order valence-electron chi connectivity index (χ2n) is 7.33. The van der Waals surface area contributed by atoms with Gasteiger partial charge in [-0.2, -0.15) is 4.99 Å². The van der Waals surface area contributed by atoms with Crippen molar-refractivity contribution in [2.45, 2.75) is 11.4 Å². The molecule has 13 heteroatoms. The summed E-state index contributed by atoms with van der Waals surface area (Å²) in [5.74, 6) is -3.20. The monoisotopic (exact) mass is 551 g/mol. The van der Waals surface area contributed by atoms with Gasteiger partial charge in [0.15, 0.2) is 10.6 Å². The van der Waals surface area contributed by atoms with E-state index in [-0.39, 0.29) is 31.2 Å². The Bertz CT molecular complexity index is 1650. The van der Waals surface area contributed by atoms with Crippen LogP contribution in [0.25, 0.3) is 10.2 Å². The largest absolute Gasteiger partial charge is 0.468 e. The van der Waals surface area contributed by atoms with Gasteiger partial charge in [-0.25, -0.2) is 17.2 Å². The zero-order valence-electron chi connectivity index (χ0n) is 18.4. The van der Waals surface area contributed by atoms with Crippen LogP contribution < -0.4 is 9.52 Å². The van der Waals surface area contributed by atoms with Crippen molar-refractivity contribution in [1.29, 1.82) is 0 Å². The smallest absolute Gasteiger partial charge is 0.325 e. The lowest BCUT2D eigenvalue weighted by atomic mass is 10.2. The Morgan fingerprint density at radius 2 is 1.75 bits per heavy atom. The molecule has 0 saturated carbocycles. The fourth-order valence-corrected chi connectivity index (χ4v) is 5.47. The molecule has 0 fully saturated rings. The molecule has 186 valence electrons. The fourth-order valence-electron chi connectivity index (χ4n) is 3.21. The molecule has 1 heterocycles. The van der Waals surface area contributed by atoms with Crippen LogP contribution in [0, 0.1) is 11.6 Å². The van der Waals surface area contributed by atoms with E-state index in [9.17, 15) is 26.8 Å². The summed E-state index contributed by atoms with van der Waals surface area (Å²) >= 11 is 6.62. The number of hydrogen-bond donors (Lipinski definition) is 1. The first-order chi connectivity index (χ1) is 17.1. The van der Waals surface area contributed by atoms with Crippen LogP contribution in [0.5, 0.6) is 0 Å². The number of ether oxygens (including phenoxy) is 1. The maximum absolute atomic E-state index is 14.5. The highest BCUT2D eigenvalue weighted by atomic mass is 35.5. The van der Waals surface area contributed by atoms with Crippen molar-refractivity contribution in [2.24, 2.45) is 4.99 Å². The Morgan fingerprint density at radius 3 is 2.39 bits per heavy atom. The molecule has 4 rings (SSSR count). The number of nitrogens with one attached hydrogen (secondary N) is 1. The summed E-state index contributed by atoms with van der Waals surface area (Å²) in [4.78, 5) is 28.6. The van der Waals surface area contributed by atoms with Gasteiger partial charge in [0, 0.05) is 22.3 Å². The van der Waals surface area contributed by atoms with E-state index in [1.807, 2.05) is 0 Å². The van der Waals surface area contributed by atoms with Crippen LogP contribution in [0.1, 0.15) is 10.4 Å². The first-order valence-electron chi connectivity index (χ1n) is 10.1. The number of methoxy groups -OCH3 is 1. The van der Waals surface area contributed by atoms with Crippen LogP contribution >= 0.6 is 22.9 Å². The second kappa shape index (κ2) is 10.2. The van der Waals surface area contributed by atoms with Gasteiger partial charge in [-0.3, -0.25) is 14.3 Å². The Labute approximate surface area is 212 Å². The topological polar surface area (TPSA) is 107 Å². The van der Waals surface area contributed by atoms with Gasteiger partial charge in [-0.15, -0.1) is 0 Å². The summed E-state index contributed by atoms with van der Waals surface area (Å²) in [7, 11) is -2.73. The molecular formula is C23H16ClF2N3O5S2. The van der Waals surface area contributed by atoms with Gasteiger partial charge in [-0.05, 0) is 54.6 Å². The van der Waals surface area contributed by atoms with Crippen LogP contribution in [0.4, 0.5) is 14.5 Å². The number of aromatic nitrogens is 1. The Balaban J connectivity index is 1.65. The highest BCUT2D eigenvalue weighted by Gasteiger charge is 2.18. The molecule has 0 atom stereocenters. The Morgan fingerprint density at radius 1 is 1.08 bits per heavy atom. The standard InChI is InChI=1S/C23H16ClF2N3O5S2/c1-34-20(30)12-29-21-18(26)10-15(25)11-19(21)35-23(29)27-22(31)13-2-6-16(7-3-13)28-36(32,33)17-8-4-14(24)5-9-17/h2-11,28H,12H2,1H3. The van der Waals surface area contributed by atoms with Crippen molar-refractivity contribution in [3.63, 3.8) is 0 Å². The maximum atomic E-state index is 14.5. The molecule has 36 heavy (non-hydrogen) atoms. The summed E-state index contributed by atoms with van der Waals surface area (Å²) in [5, 5.41) is 0.389. The second-order valence-corrected chi connectivity index (χ2v) is 10.5. The minimum Gasteiger partial charge on any atom is -0.468 e. The van der Waals surface area contributed by atoms with Crippen molar-refractivity contribution in [3.8, 4) is 0 Å². The SMILES string of the molecule is COC(=O)Cn1c(=NC(=O)c2ccc(NS(=O)(=O)c3ccc(Cl)cc3)cc2)sc2cc(F)cc(F)c21. The molecule has 0 aliphatic heterocycles. The van der Waals surface area contributed by atoms with Gasteiger partial charge < -0.3 is 9.30 Å². The van der Waals surface area contributed by atoms with Crippen LogP contribution in [0.15, 0.2) is 70.6 Å². The average Bonchev–Trinajstić information content (AvgIpc) is 3.15. The third kappa shape index (κ3) is 5.45. The summed E-state index contributed by atoms with van der Waals surface area (Å²) in [6, 6.07) is 12.8. The predicted octanol–water partition coefficient (Wildman–Crippen LogP) is 4.35. The first kappa shape index (κ1) is 25.5. The van der Waals surface area contributed by atoms with E-state index >= 15 is 0 Å². The number of esters is 1. The van der Waals surface area contributed by atoms with Gasteiger partial charge in [-0.1, -0.05) is 22.9 Å². The quantitative estimate of drug-likeness (QED) is 0.359. The molecule has 0 aliphatic carbocycles. The zero-order valence-corrected chi connectivity index (χ0v) is 20.8. The summed E-state index contributed by atoms with van der Waals surface area (Å²) in [5.41, 5.74) is 0.199. The number of hydrogen-bond acceptors (Lipinski definition) is 6. The molecule has 3 aromatic carbocycles. The number of carbonyl (C=O) groups is 2. The molecule has 8 nitrogen and oxygen atoms in total. The summed E-state index contributed by atoms with van der Waals surface area (Å²) in [6.45, 7) is -0.448. The number of benzene rings is 3. The predicted molar refractivity (Wildman–Crippen MR) is 130 cm³/mol. The zero-order chi connectivity index (χ0) is 26.0. The molecule has 0 saturated heterocycles. The fraction of sp³-hybridized carbons (Fsp3) is 0.0870. The number of carbonyl (C=O) groups excluding carboxylic acids is 2. The molecule has 0 spiro atoms. The van der Waals surface area contributed by atoms with Gasteiger partial charge >= 0.3 is 5.97 Å². The lowest BCUT2D eigenvalue weighted by Gasteiger charge is -2.08. The van der Waals surface area contributed by atoms with E-state index in [0.717, 1.165) is 29.1 Å². The number of thiazole rings is 1. The van der Waals surface area contributed by atoms with E-state index in [0.29, 0.717) is 11.1 Å². The van der Waals surface area contributed by atoms with Gasteiger partial charge in [0.25, 0.3) is 15.9 Å². The van der Waals surface area contributed by atoms with Crippen LogP contribution in [-0.2, 0) is 26.1 Å². The molecule has 0 radical (unpaired) electrons. The third-order valence-electron chi connectivity index (χ3n) is 4.92. The van der Waals surface area contributed by atoms with Crippen molar-refractivity contribution < 1.29 is 31.5 Å². The van der Waals surface area contributed by atoms with E-state index < -0.39 is 40.1 Å². The molecule has 0 bridgehead atoms. The minimum atomic E-state index is -3.88. The number of nitrogens with zero attached hydrogens (tertiary/aromatic N) is 2. The molecular weight excluding hydrogens is 536 g/mol. The molecule has 0 aliphatic rings. The number of halogens is 3. The summed E-state index contributed by atoms with van der Waals surface area (Å²) in [6.07, 6.45) is 0. The third-order valence-corrected chi connectivity index (χ3v) is 7.59. The lowest BCUT2D eigenvalue weighted by Crippen LogP contribution is -2.23. The van der Waals surface area contributed by atoms with Crippen LogP contribution in [0.3, 0.4) is 0 Å². The molecule has 1 aromatic heterocycles. The minimum absolute atomic E-state index is 0.00523. The lowest BCUT2D eigenvalue weighted by molar-refractivity contribution is -0.141. The highest BCUT2D eigenvalue weighted by molar-refractivity contribution is 7.92. The van der Waals surface area contributed by atoms with Crippen molar-refractivity contribution >= 4 is 60.7 Å². The first-order valence-corrected chi connectivity index (χ1v) is 12.8. The van der Waals surface area contributed by atoms with Gasteiger partial charge in [0.2, 0.25) is 0 Å². The van der Waals surface area contributed by atoms with E-state index in [1.54, 1.807) is 0 Å². The number of amides is 1. The van der Waals surface area contributed by atoms with Crippen molar-refractivity contribution in [1.82, 2.24) is 4.57 Å². The number of rotatable bonds is 6. The molecule has 1 N–H and O–H groups in total.